The molecule has 1 nitrogen and oxygen atoms in total. The topological polar surface area (TPSA) is 23.8 Å². The van der Waals surface area contributed by atoms with Gasteiger partial charge in [0.05, 0.1) is 5.56 Å². The van der Waals surface area contributed by atoms with Gasteiger partial charge in [-0.05, 0) is 51.2 Å². The summed E-state index contributed by atoms with van der Waals surface area (Å²) in [4.78, 5) is 1.27. The van der Waals surface area contributed by atoms with Gasteiger partial charge < -0.3 is 0 Å². The Bertz CT molecular complexity index is 446. The van der Waals surface area contributed by atoms with Gasteiger partial charge in [0.2, 0.25) is 0 Å². The van der Waals surface area contributed by atoms with Crippen LogP contribution >= 0.6 is 27.7 Å². The number of hydrogen-bond donors (Lipinski definition) is 0. The van der Waals surface area contributed by atoms with Crippen molar-refractivity contribution >= 4 is 27.7 Å². The van der Waals surface area contributed by atoms with Gasteiger partial charge in [0.15, 0.2) is 0 Å². The summed E-state index contributed by atoms with van der Waals surface area (Å²) < 4.78 is 0.916. The number of nitrogens with zero attached hydrogens (tertiary/aromatic N) is 1. The van der Waals surface area contributed by atoms with Crippen molar-refractivity contribution < 1.29 is 0 Å². The minimum atomic E-state index is 0.120. The molecule has 0 atom stereocenters. The van der Waals surface area contributed by atoms with Crippen LogP contribution in [0.4, 0.5) is 0 Å². The first-order valence-electron chi connectivity index (χ1n) is 4.92. The summed E-state index contributed by atoms with van der Waals surface area (Å²) >= 11 is 5.31. The highest BCUT2D eigenvalue weighted by molar-refractivity contribution is 9.10. The lowest BCUT2D eigenvalue weighted by molar-refractivity contribution is 0.492. The Morgan fingerprint density at radius 2 is 2.20 bits per heavy atom. The molecule has 0 bridgehead atoms. The van der Waals surface area contributed by atoms with E-state index in [0.29, 0.717) is 0 Å². The van der Waals surface area contributed by atoms with Crippen LogP contribution in [0.3, 0.4) is 0 Å². The van der Waals surface area contributed by atoms with Gasteiger partial charge in [-0.15, -0.1) is 11.8 Å². The Labute approximate surface area is 103 Å². The maximum Gasteiger partial charge on any atom is 0.101 e. The van der Waals surface area contributed by atoms with Crippen LogP contribution in [0.1, 0.15) is 31.4 Å². The van der Waals surface area contributed by atoms with Crippen LogP contribution in [0.2, 0.25) is 0 Å². The van der Waals surface area contributed by atoms with Crippen LogP contribution in [0.15, 0.2) is 21.5 Å². The molecule has 1 aliphatic rings. The molecule has 2 rings (SSSR count). The predicted molar refractivity (Wildman–Crippen MR) is 67.2 cm³/mol. The molecule has 78 valence electrons. The summed E-state index contributed by atoms with van der Waals surface area (Å²) in [6, 6.07) is 6.41. The lowest BCUT2D eigenvalue weighted by Crippen LogP contribution is -2.24. The lowest BCUT2D eigenvalue weighted by Gasteiger charge is -2.33. The molecule has 0 spiro atoms. The molecule has 0 unspecified atom stereocenters. The van der Waals surface area contributed by atoms with Gasteiger partial charge in [0, 0.05) is 9.37 Å². The van der Waals surface area contributed by atoms with Crippen molar-refractivity contribution in [3.63, 3.8) is 0 Å². The van der Waals surface area contributed by atoms with Crippen LogP contribution in [-0.4, -0.2) is 5.75 Å². The van der Waals surface area contributed by atoms with Crippen LogP contribution < -0.4 is 0 Å². The summed E-state index contributed by atoms with van der Waals surface area (Å²) in [5.41, 5.74) is 2.15. The van der Waals surface area contributed by atoms with Crippen molar-refractivity contribution in [1.29, 1.82) is 5.26 Å². The van der Waals surface area contributed by atoms with Gasteiger partial charge in [-0.1, -0.05) is 13.8 Å². The molecule has 3 heteroatoms. The van der Waals surface area contributed by atoms with Crippen LogP contribution in [-0.2, 0) is 5.41 Å². The van der Waals surface area contributed by atoms with E-state index in [1.807, 2.05) is 17.8 Å². The van der Waals surface area contributed by atoms with E-state index in [-0.39, 0.29) is 5.41 Å². The molecule has 1 aliphatic heterocycles. The largest absolute Gasteiger partial charge is 0.192 e. The number of hydrogen-bond acceptors (Lipinski definition) is 2. The average molecular weight is 282 g/mol. The fourth-order valence-corrected chi connectivity index (χ4v) is 3.94. The standard InChI is InChI=1S/C12H12BrNS/c1-12(2)5-6-15-10-4-3-9(13)8(7-14)11(10)12/h3-4H,5-6H2,1-2H3. The van der Waals surface area contributed by atoms with Crippen LogP contribution in [0.25, 0.3) is 0 Å². The molecule has 0 aromatic heterocycles. The van der Waals surface area contributed by atoms with Gasteiger partial charge in [-0.3, -0.25) is 0 Å². The highest BCUT2D eigenvalue weighted by atomic mass is 79.9. The molecule has 1 aromatic rings. The summed E-state index contributed by atoms with van der Waals surface area (Å²) in [6.07, 6.45) is 1.13. The SMILES string of the molecule is CC1(C)CCSc2ccc(Br)c(C#N)c21. The van der Waals surface area contributed by atoms with Gasteiger partial charge >= 0.3 is 0 Å². The van der Waals surface area contributed by atoms with Crippen molar-refractivity contribution in [3.8, 4) is 6.07 Å². The minimum absolute atomic E-state index is 0.120. The quantitative estimate of drug-likeness (QED) is 0.715. The molecule has 0 aliphatic carbocycles. The molecule has 0 fully saturated rings. The number of rotatable bonds is 0. The first kappa shape index (κ1) is 11.0. The summed E-state index contributed by atoms with van der Waals surface area (Å²) in [5.74, 6) is 1.15. The Kier molecular flexibility index (Phi) is 2.83. The second kappa shape index (κ2) is 3.84. The van der Waals surface area contributed by atoms with Gasteiger partial charge in [-0.2, -0.15) is 5.26 Å². The first-order valence-corrected chi connectivity index (χ1v) is 6.70. The van der Waals surface area contributed by atoms with Gasteiger partial charge in [0.1, 0.15) is 6.07 Å². The number of nitriles is 1. The smallest absolute Gasteiger partial charge is 0.101 e. The van der Waals surface area contributed by atoms with E-state index in [2.05, 4.69) is 41.9 Å². The minimum Gasteiger partial charge on any atom is -0.192 e. The molecule has 0 amide bonds. The van der Waals surface area contributed by atoms with E-state index in [1.54, 1.807) is 0 Å². The van der Waals surface area contributed by atoms with E-state index < -0.39 is 0 Å². The zero-order valence-corrected chi connectivity index (χ0v) is 11.2. The summed E-state index contributed by atoms with van der Waals surface area (Å²) in [5, 5.41) is 9.22. The molecule has 0 saturated heterocycles. The summed E-state index contributed by atoms with van der Waals surface area (Å²) in [6.45, 7) is 4.44. The maximum atomic E-state index is 9.22. The fourth-order valence-electron chi connectivity index (χ4n) is 2.00. The number of fused-ring (bicyclic) bond motifs is 1. The Morgan fingerprint density at radius 3 is 2.87 bits per heavy atom. The Balaban J connectivity index is 2.73. The second-order valence-corrected chi connectivity index (χ2v) is 6.38. The van der Waals surface area contributed by atoms with Crippen molar-refractivity contribution in [3.05, 3.63) is 27.7 Å². The summed E-state index contributed by atoms with van der Waals surface area (Å²) in [7, 11) is 0. The Hall–Kier alpha value is -0.460. The van der Waals surface area contributed by atoms with E-state index in [0.717, 1.165) is 22.2 Å². The molecule has 0 N–H and O–H groups in total. The maximum absolute atomic E-state index is 9.22. The average Bonchev–Trinajstić information content (AvgIpc) is 2.18. The fraction of sp³-hybridized carbons (Fsp3) is 0.417. The van der Waals surface area contributed by atoms with Crippen molar-refractivity contribution in [1.82, 2.24) is 0 Å². The van der Waals surface area contributed by atoms with Crippen molar-refractivity contribution in [2.45, 2.75) is 30.6 Å². The van der Waals surface area contributed by atoms with E-state index >= 15 is 0 Å². The van der Waals surface area contributed by atoms with E-state index in [9.17, 15) is 5.26 Å². The third-order valence-electron chi connectivity index (χ3n) is 2.89. The molecule has 0 radical (unpaired) electrons. The molecule has 0 saturated carbocycles. The lowest BCUT2D eigenvalue weighted by atomic mass is 9.79. The van der Waals surface area contributed by atoms with Gasteiger partial charge in [0.25, 0.3) is 0 Å². The molecular formula is C12H12BrNS. The normalized spacial score (nSPS) is 18.0. The highest BCUT2D eigenvalue weighted by Crippen LogP contribution is 2.44. The van der Waals surface area contributed by atoms with Crippen molar-refractivity contribution in [2.75, 3.05) is 5.75 Å². The van der Waals surface area contributed by atoms with Crippen LogP contribution in [0.5, 0.6) is 0 Å². The third-order valence-corrected chi connectivity index (χ3v) is 4.61. The number of thioether (sulfide) groups is 1. The zero-order valence-electron chi connectivity index (χ0n) is 8.80. The molecule has 1 aromatic carbocycles. The van der Waals surface area contributed by atoms with Gasteiger partial charge in [-0.25, -0.2) is 0 Å². The monoisotopic (exact) mass is 281 g/mol. The molecule has 15 heavy (non-hydrogen) atoms. The van der Waals surface area contributed by atoms with E-state index in [1.165, 1.54) is 10.5 Å². The number of halogens is 1. The highest BCUT2D eigenvalue weighted by Gasteiger charge is 2.31. The molecular weight excluding hydrogens is 270 g/mol. The predicted octanol–water partition coefficient (Wildman–Crippen LogP) is 4.09. The van der Waals surface area contributed by atoms with E-state index in [4.69, 9.17) is 0 Å². The first-order chi connectivity index (χ1) is 7.06. The second-order valence-electron chi connectivity index (χ2n) is 4.39. The zero-order chi connectivity index (χ0) is 11.1. The van der Waals surface area contributed by atoms with Crippen LogP contribution in [0, 0.1) is 11.3 Å². The van der Waals surface area contributed by atoms with Crippen molar-refractivity contribution in [2.24, 2.45) is 0 Å². The molecule has 1 heterocycles. The number of benzene rings is 1. The Morgan fingerprint density at radius 1 is 1.47 bits per heavy atom. The third kappa shape index (κ3) is 1.81.